The maximum atomic E-state index is 5.14. The summed E-state index contributed by atoms with van der Waals surface area (Å²) < 4.78 is 0. The van der Waals surface area contributed by atoms with Gasteiger partial charge in [0.05, 0.1) is 0 Å². The molecule has 0 saturated heterocycles. The molecule has 54 heavy (non-hydrogen) atoms. The van der Waals surface area contributed by atoms with Gasteiger partial charge in [-0.2, -0.15) is 0 Å². The Balaban J connectivity index is 0.000000583. The van der Waals surface area contributed by atoms with Crippen LogP contribution in [0.2, 0.25) is 0 Å². The number of aromatic nitrogens is 3. The summed E-state index contributed by atoms with van der Waals surface area (Å²) in [5.41, 5.74) is 10.1. The van der Waals surface area contributed by atoms with Gasteiger partial charge in [-0.05, 0) is 86.8 Å². The van der Waals surface area contributed by atoms with Crippen molar-refractivity contribution in [3.8, 4) is 33.4 Å². The SMILES string of the molecule is C=C.C=CC(C)CC.CC.CC.c1cc(-c2ccc(C3=NC(c4ccc(-c5ccncc5)cc4)NC(c4ccc(-c5ccncc5)cc4)N3)cc2)ccn1. The first-order chi connectivity index (χ1) is 26.6. The van der Waals surface area contributed by atoms with Gasteiger partial charge in [0.15, 0.2) is 0 Å². The first kappa shape index (κ1) is 42.4. The van der Waals surface area contributed by atoms with Crippen LogP contribution in [0.25, 0.3) is 33.4 Å². The second-order valence-corrected chi connectivity index (χ2v) is 11.8. The minimum absolute atomic E-state index is 0.131. The van der Waals surface area contributed by atoms with E-state index in [4.69, 9.17) is 4.99 Å². The van der Waals surface area contributed by atoms with E-state index in [1.54, 1.807) is 0 Å². The van der Waals surface area contributed by atoms with E-state index in [1.165, 1.54) is 6.42 Å². The molecule has 2 N–H and O–H groups in total. The van der Waals surface area contributed by atoms with Crippen LogP contribution < -0.4 is 10.6 Å². The second-order valence-electron chi connectivity index (χ2n) is 11.8. The largest absolute Gasteiger partial charge is 0.350 e. The summed E-state index contributed by atoms with van der Waals surface area (Å²) in [7, 11) is 0. The number of benzene rings is 3. The zero-order valence-corrected chi connectivity index (χ0v) is 32.8. The topological polar surface area (TPSA) is 75.1 Å². The van der Waals surface area contributed by atoms with Gasteiger partial charge >= 0.3 is 0 Å². The van der Waals surface area contributed by atoms with Crippen LogP contribution in [0.15, 0.2) is 177 Å². The molecule has 278 valence electrons. The van der Waals surface area contributed by atoms with Gasteiger partial charge in [-0.1, -0.05) is 127 Å². The van der Waals surface area contributed by atoms with Crippen LogP contribution >= 0.6 is 0 Å². The van der Waals surface area contributed by atoms with Crippen molar-refractivity contribution in [3.05, 3.63) is 189 Å². The Morgan fingerprint density at radius 2 is 0.870 bits per heavy atom. The lowest BCUT2D eigenvalue weighted by Crippen LogP contribution is -2.44. The molecule has 0 amide bonds. The Hall–Kier alpha value is -5.98. The Morgan fingerprint density at radius 1 is 0.537 bits per heavy atom. The van der Waals surface area contributed by atoms with E-state index < -0.39 is 0 Å². The fourth-order valence-electron chi connectivity index (χ4n) is 5.39. The number of amidine groups is 1. The summed E-state index contributed by atoms with van der Waals surface area (Å²) in [6, 6.07) is 37.9. The van der Waals surface area contributed by atoms with Gasteiger partial charge in [0.1, 0.15) is 18.2 Å². The Labute approximate surface area is 323 Å². The molecule has 1 aliphatic heterocycles. The highest BCUT2D eigenvalue weighted by molar-refractivity contribution is 6.00. The highest BCUT2D eigenvalue weighted by atomic mass is 15.3. The summed E-state index contributed by atoms with van der Waals surface area (Å²) >= 11 is 0. The molecule has 3 aromatic carbocycles. The molecule has 7 rings (SSSR count). The van der Waals surface area contributed by atoms with E-state index in [0.29, 0.717) is 5.92 Å². The van der Waals surface area contributed by atoms with Crippen LogP contribution in [-0.2, 0) is 0 Å². The predicted octanol–water partition coefficient (Wildman–Crippen LogP) is 12.3. The maximum Gasteiger partial charge on any atom is 0.131 e. The van der Waals surface area contributed by atoms with Crippen LogP contribution in [0.4, 0.5) is 0 Å². The highest BCUT2D eigenvalue weighted by Gasteiger charge is 2.25. The van der Waals surface area contributed by atoms with Gasteiger partial charge in [0.25, 0.3) is 0 Å². The normalized spacial score (nSPS) is 14.5. The van der Waals surface area contributed by atoms with Crippen molar-refractivity contribution in [2.45, 2.75) is 60.3 Å². The molecular formula is C48H56N6. The number of nitrogens with zero attached hydrogens (tertiary/aromatic N) is 4. The minimum Gasteiger partial charge on any atom is -0.350 e. The predicted molar refractivity (Wildman–Crippen MR) is 231 cm³/mol. The molecule has 0 radical (unpaired) electrons. The van der Waals surface area contributed by atoms with Gasteiger partial charge < -0.3 is 5.32 Å². The van der Waals surface area contributed by atoms with Crippen molar-refractivity contribution in [1.82, 2.24) is 25.6 Å². The molecule has 6 nitrogen and oxygen atoms in total. The number of nitrogens with one attached hydrogen (secondary N) is 2. The van der Waals surface area contributed by atoms with E-state index in [1.807, 2.05) is 107 Å². The van der Waals surface area contributed by atoms with Crippen molar-refractivity contribution in [3.63, 3.8) is 0 Å². The molecule has 6 heteroatoms. The molecule has 0 spiro atoms. The average molecular weight is 717 g/mol. The molecule has 6 aromatic rings. The molecular weight excluding hydrogens is 661 g/mol. The monoisotopic (exact) mass is 716 g/mol. The van der Waals surface area contributed by atoms with Crippen molar-refractivity contribution in [2.75, 3.05) is 0 Å². The third kappa shape index (κ3) is 12.0. The number of allylic oxidation sites excluding steroid dienone is 1. The Morgan fingerprint density at radius 3 is 1.22 bits per heavy atom. The van der Waals surface area contributed by atoms with Gasteiger partial charge in [-0.25, -0.2) is 4.99 Å². The van der Waals surface area contributed by atoms with Crippen LogP contribution in [0.1, 0.15) is 77.0 Å². The fraction of sp³-hybridized carbons (Fsp3) is 0.208. The number of hydrogen-bond acceptors (Lipinski definition) is 6. The number of aliphatic imine (C=N–C) groups is 1. The molecule has 0 bridgehead atoms. The standard InChI is InChI=1S/C36H28N6.C6H12.2C2H6.C2H4/c1-7-31(8-2-25(1)28-13-19-37-20-14-28)34-40-35(32-9-3-26(4-10-32)29-15-21-38-22-16-29)42-36(41-34)33-11-5-27(6-12-33)30-17-23-39-24-18-30;1-4-6(3)5-2;3*1-2/h1-24,34-35,40H,(H,41,42);4,6H,1,5H2,2-3H3;2*1-2H3;1-2H2. The first-order valence-electron chi connectivity index (χ1n) is 18.9. The van der Waals surface area contributed by atoms with Crippen molar-refractivity contribution in [2.24, 2.45) is 10.9 Å². The van der Waals surface area contributed by atoms with Crippen molar-refractivity contribution < 1.29 is 0 Å². The van der Waals surface area contributed by atoms with Crippen molar-refractivity contribution >= 4 is 5.84 Å². The van der Waals surface area contributed by atoms with Crippen molar-refractivity contribution in [1.29, 1.82) is 0 Å². The Kier molecular flexibility index (Phi) is 18.5. The van der Waals surface area contributed by atoms with Crippen LogP contribution in [0, 0.1) is 5.92 Å². The van der Waals surface area contributed by atoms with Gasteiger partial charge in [-0.15, -0.1) is 19.7 Å². The summed E-state index contributed by atoms with van der Waals surface area (Å²) in [4.78, 5) is 17.6. The number of pyridine rings is 3. The van der Waals surface area contributed by atoms with Gasteiger partial charge in [0.2, 0.25) is 0 Å². The molecule has 3 atom stereocenters. The summed E-state index contributed by atoms with van der Waals surface area (Å²) in [5.74, 6) is 1.55. The second kappa shape index (κ2) is 23.6. The van der Waals surface area contributed by atoms with E-state index in [-0.39, 0.29) is 12.3 Å². The molecule has 0 aliphatic carbocycles. The lowest BCUT2D eigenvalue weighted by atomic mass is 10.0. The van der Waals surface area contributed by atoms with Crippen LogP contribution in [0.3, 0.4) is 0 Å². The number of rotatable bonds is 8. The average Bonchev–Trinajstić information content (AvgIpc) is 3.29. The van der Waals surface area contributed by atoms with Gasteiger partial charge in [-0.3, -0.25) is 20.3 Å². The maximum absolute atomic E-state index is 5.14. The molecule has 3 unspecified atom stereocenters. The molecule has 1 aliphatic rings. The molecule has 0 fully saturated rings. The first-order valence-corrected chi connectivity index (χ1v) is 18.9. The van der Waals surface area contributed by atoms with E-state index in [2.05, 4.69) is 132 Å². The third-order valence-electron chi connectivity index (χ3n) is 8.58. The minimum atomic E-state index is -0.225. The van der Waals surface area contributed by atoms with E-state index >= 15 is 0 Å². The summed E-state index contributed by atoms with van der Waals surface area (Å²) in [6.07, 6.45) is 13.7. The summed E-state index contributed by atoms with van der Waals surface area (Å²) in [5, 5.41) is 7.37. The van der Waals surface area contributed by atoms with Crippen LogP contribution in [0.5, 0.6) is 0 Å². The van der Waals surface area contributed by atoms with E-state index in [9.17, 15) is 0 Å². The molecule has 0 saturated carbocycles. The quantitative estimate of drug-likeness (QED) is 0.153. The third-order valence-corrected chi connectivity index (χ3v) is 8.58. The highest BCUT2D eigenvalue weighted by Crippen LogP contribution is 2.29. The lowest BCUT2D eigenvalue weighted by molar-refractivity contribution is 0.409. The van der Waals surface area contributed by atoms with Crippen LogP contribution in [-0.4, -0.2) is 20.8 Å². The lowest BCUT2D eigenvalue weighted by Gasteiger charge is -2.32. The smallest absolute Gasteiger partial charge is 0.131 e. The zero-order valence-electron chi connectivity index (χ0n) is 32.8. The Bertz CT molecular complexity index is 1920. The molecule has 4 heterocycles. The molecule has 3 aromatic heterocycles. The van der Waals surface area contributed by atoms with Gasteiger partial charge in [0, 0.05) is 42.7 Å². The van der Waals surface area contributed by atoms with E-state index in [0.717, 1.165) is 55.9 Å². The number of hydrogen-bond donors (Lipinski definition) is 2. The summed E-state index contributed by atoms with van der Waals surface area (Å²) in [6.45, 7) is 22.0. The fourth-order valence-corrected chi connectivity index (χ4v) is 5.39. The zero-order chi connectivity index (χ0) is 39.1.